The average molecular weight is 334 g/mol. The molecule has 0 spiro atoms. The molecule has 0 bridgehead atoms. The molecule has 0 radical (unpaired) electrons. The van der Waals surface area contributed by atoms with Crippen LogP contribution in [0.15, 0.2) is 28.7 Å². The lowest BCUT2D eigenvalue weighted by Crippen LogP contribution is -2.22. The normalized spacial score (nSPS) is 13.8. The highest BCUT2D eigenvalue weighted by molar-refractivity contribution is 9.10. The van der Waals surface area contributed by atoms with E-state index in [9.17, 15) is 8.42 Å². The van der Waals surface area contributed by atoms with Crippen molar-refractivity contribution in [2.45, 2.75) is 31.4 Å². The van der Waals surface area contributed by atoms with Crippen LogP contribution in [-0.2, 0) is 9.84 Å². The maximum absolute atomic E-state index is 11.8. The van der Waals surface area contributed by atoms with E-state index in [1.807, 2.05) is 24.3 Å². The zero-order valence-corrected chi connectivity index (χ0v) is 13.2. The highest BCUT2D eigenvalue weighted by atomic mass is 79.9. The zero-order valence-electron chi connectivity index (χ0n) is 10.8. The molecule has 3 nitrogen and oxygen atoms in total. The van der Waals surface area contributed by atoms with Gasteiger partial charge in [-0.3, -0.25) is 0 Å². The topological polar surface area (TPSA) is 60.2 Å². The lowest BCUT2D eigenvalue weighted by atomic mass is 9.97. The molecule has 0 heterocycles. The number of nitrogens with two attached hydrogens (primary N) is 1. The standard InChI is InChI=1S/C13H20BrNO2S/c1-10(2)18(16,17)7-6-12(9-15)11-4-3-5-13(14)8-11/h3-5,8,10,12H,6-7,9,15H2,1-2H3. The minimum atomic E-state index is -2.99. The molecule has 1 unspecified atom stereocenters. The second kappa shape index (κ2) is 6.68. The van der Waals surface area contributed by atoms with Gasteiger partial charge < -0.3 is 5.73 Å². The fourth-order valence-electron chi connectivity index (χ4n) is 1.72. The van der Waals surface area contributed by atoms with Crippen LogP contribution in [0.25, 0.3) is 0 Å². The van der Waals surface area contributed by atoms with Crippen LogP contribution in [-0.4, -0.2) is 26.0 Å². The number of benzene rings is 1. The van der Waals surface area contributed by atoms with Crippen molar-refractivity contribution in [1.29, 1.82) is 0 Å². The molecule has 0 amide bonds. The number of rotatable bonds is 6. The summed E-state index contributed by atoms with van der Waals surface area (Å²) >= 11 is 3.41. The number of hydrogen-bond acceptors (Lipinski definition) is 3. The van der Waals surface area contributed by atoms with Gasteiger partial charge in [-0.05, 0) is 50.4 Å². The van der Waals surface area contributed by atoms with Gasteiger partial charge in [0.25, 0.3) is 0 Å². The van der Waals surface area contributed by atoms with E-state index in [2.05, 4.69) is 15.9 Å². The minimum absolute atomic E-state index is 0.0935. The van der Waals surface area contributed by atoms with Gasteiger partial charge in [-0.25, -0.2) is 8.42 Å². The van der Waals surface area contributed by atoms with Crippen molar-refractivity contribution in [1.82, 2.24) is 0 Å². The zero-order chi connectivity index (χ0) is 13.8. The Labute approximate surface area is 118 Å². The minimum Gasteiger partial charge on any atom is -0.330 e. The third-order valence-electron chi connectivity index (χ3n) is 3.07. The van der Waals surface area contributed by atoms with Crippen LogP contribution in [0.1, 0.15) is 31.7 Å². The first kappa shape index (κ1) is 15.7. The summed E-state index contributed by atoms with van der Waals surface area (Å²) < 4.78 is 24.6. The molecular formula is C13H20BrNO2S. The molecule has 1 atom stereocenters. The van der Waals surface area contributed by atoms with Crippen LogP contribution in [0, 0.1) is 0 Å². The van der Waals surface area contributed by atoms with Crippen molar-refractivity contribution in [3.8, 4) is 0 Å². The fourth-order valence-corrected chi connectivity index (χ4v) is 3.22. The Balaban J connectivity index is 2.75. The highest BCUT2D eigenvalue weighted by Crippen LogP contribution is 2.23. The van der Waals surface area contributed by atoms with E-state index in [1.54, 1.807) is 13.8 Å². The highest BCUT2D eigenvalue weighted by Gasteiger charge is 2.19. The van der Waals surface area contributed by atoms with Crippen molar-refractivity contribution >= 4 is 25.8 Å². The molecule has 0 aliphatic heterocycles. The Morgan fingerprint density at radius 3 is 2.50 bits per heavy atom. The van der Waals surface area contributed by atoms with Crippen molar-refractivity contribution in [3.63, 3.8) is 0 Å². The fraction of sp³-hybridized carbons (Fsp3) is 0.538. The van der Waals surface area contributed by atoms with Gasteiger partial charge in [0.05, 0.1) is 11.0 Å². The van der Waals surface area contributed by atoms with Gasteiger partial charge in [-0.15, -0.1) is 0 Å². The monoisotopic (exact) mass is 333 g/mol. The van der Waals surface area contributed by atoms with Crippen LogP contribution in [0.4, 0.5) is 0 Å². The Hall–Kier alpha value is -0.390. The first-order valence-electron chi connectivity index (χ1n) is 6.04. The van der Waals surface area contributed by atoms with E-state index >= 15 is 0 Å². The molecule has 0 aliphatic carbocycles. The predicted molar refractivity (Wildman–Crippen MR) is 79.5 cm³/mol. The largest absolute Gasteiger partial charge is 0.330 e. The second-order valence-electron chi connectivity index (χ2n) is 4.69. The molecule has 0 aliphatic rings. The second-order valence-corrected chi connectivity index (χ2v) is 8.28. The number of halogens is 1. The third kappa shape index (κ3) is 4.37. The van der Waals surface area contributed by atoms with E-state index in [1.165, 1.54) is 0 Å². The summed E-state index contributed by atoms with van der Waals surface area (Å²) in [4.78, 5) is 0. The van der Waals surface area contributed by atoms with Crippen LogP contribution in [0.2, 0.25) is 0 Å². The predicted octanol–water partition coefficient (Wildman–Crippen LogP) is 2.70. The van der Waals surface area contributed by atoms with E-state index in [4.69, 9.17) is 5.73 Å². The summed E-state index contributed by atoms with van der Waals surface area (Å²) in [5, 5.41) is -0.321. The SMILES string of the molecule is CC(C)S(=O)(=O)CCC(CN)c1cccc(Br)c1. The molecule has 0 saturated heterocycles. The maximum atomic E-state index is 11.8. The van der Waals surface area contributed by atoms with Crippen LogP contribution in [0.3, 0.4) is 0 Å². The molecule has 18 heavy (non-hydrogen) atoms. The van der Waals surface area contributed by atoms with Gasteiger partial charge >= 0.3 is 0 Å². The quantitative estimate of drug-likeness (QED) is 0.870. The first-order chi connectivity index (χ1) is 8.36. The van der Waals surface area contributed by atoms with Crippen molar-refractivity contribution in [2.75, 3.05) is 12.3 Å². The summed E-state index contributed by atoms with van der Waals surface area (Å²) in [6.45, 7) is 3.89. The lowest BCUT2D eigenvalue weighted by Gasteiger charge is -2.16. The summed E-state index contributed by atoms with van der Waals surface area (Å²) in [7, 11) is -2.99. The van der Waals surface area contributed by atoms with E-state index in [0.717, 1.165) is 10.0 Å². The molecule has 102 valence electrons. The molecule has 0 saturated carbocycles. The smallest absolute Gasteiger partial charge is 0.152 e. The Morgan fingerprint density at radius 2 is 2.00 bits per heavy atom. The molecular weight excluding hydrogens is 314 g/mol. The van der Waals surface area contributed by atoms with E-state index in [0.29, 0.717) is 13.0 Å². The third-order valence-corrected chi connectivity index (χ3v) is 5.81. The molecule has 0 aromatic heterocycles. The average Bonchev–Trinajstić information content (AvgIpc) is 2.29. The summed E-state index contributed by atoms with van der Waals surface area (Å²) in [6, 6.07) is 7.88. The van der Waals surface area contributed by atoms with Crippen molar-refractivity contribution in [2.24, 2.45) is 5.73 Å². The van der Waals surface area contributed by atoms with E-state index < -0.39 is 9.84 Å². The molecule has 2 N–H and O–H groups in total. The van der Waals surface area contributed by atoms with Crippen LogP contribution >= 0.6 is 15.9 Å². The van der Waals surface area contributed by atoms with Gasteiger partial charge in [0.15, 0.2) is 9.84 Å². The number of sulfone groups is 1. The van der Waals surface area contributed by atoms with Crippen molar-refractivity contribution < 1.29 is 8.42 Å². The molecule has 0 fully saturated rings. The Bertz CT molecular complexity index is 486. The first-order valence-corrected chi connectivity index (χ1v) is 8.54. The molecule has 1 rings (SSSR count). The van der Waals surface area contributed by atoms with Gasteiger partial charge in [0.1, 0.15) is 0 Å². The van der Waals surface area contributed by atoms with Gasteiger partial charge in [-0.1, -0.05) is 28.1 Å². The Morgan fingerprint density at radius 1 is 1.33 bits per heavy atom. The van der Waals surface area contributed by atoms with Gasteiger partial charge in [0, 0.05) is 4.47 Å². The van der Waals surface area contributed by atoms with Crippen molar-refractivity contribution in [3.05, 3.63) is 34.3 Å². The molecule has 1 aromatic rings. The lowest BCUT2D eigenvalue weighted by molar-refractivity contribution is 0.576. The Kier molecular flexibility index (Phi) is 5.82. The van der Waals surface area contributed by atoms with Crippen LogP contribution in [0.5, 0.6) is 0 Å². The number of hydrogen-bond donors (Lipinski definition) is 1. The maximum Gasteiger partial charge on any atom is 0.152 e. The summed E-state index contributed by atoms with van der Waals surface area (Å²) in [6.07, 6.45) is 0.577. The van der Waals surface area contributed by atoms with Gasteiger partial charge in [0.2, 0.25) is 0 Å². The van der Waals surface area contributed by atoms with Gasteiger partial charge in [-0.2, -0.15) is 0 Å². The molecule has 1 aromatic carbocycles. The summed E-state index contributed by atoms with van der Waals surface area (Å²) in [5.74, 6) is 0.287. The van der Waals surface area contributed by atoms with Crippen LogP contribution < -0.4 is 5.73 Å². The summed E-state index contributed by atoms with van der Waals surface area (Å²) in [5.41, 5.74) is 6.84. The van der Waals surface area contributed by atoms with E-state index in [-0.39, 0.29) is 16.9 Å². The molecule has 5 heteroatoms.